The van der Waals surface area contributed by atoms with E-state index in [4.69, 9.17) is 0 Å². The minimum Gasteiger partial charge on any atom is -0.368 e. The van der Waals surface area contributed by atoms with E-state index in [0.29, 0.717) is 11.4 Å². The molecule has 0 aliphatic carbocycles. The van der Waals surface area contributed by atoms with Crippen LogP contribution in [-0.2, 0) is 0 Å². The first-order chi connectivity index (χ1) is 10.3. The van der Waals surface area contributed by atoms with Gasteiger partial charge in [-0.15, -0.1) is 24.8 Å². The first-order valence-corrected chi connectivity index (χ1v) is 6.96. The Kier molecular flexibility index (Phi) is 7.74. The Bertz CT molecular complexity index is 603. The highest BCUT2D eigenvalue weighted by atomic mass is 35.5. The number of hydrogen-bond acceptors (Lipinski definition) is 5. The van der Waals surface area contributed by atoms with Crippen LogP contribution in [0.3, 0.4) is 0 Å². The second kappa shape index (κ2) is 9.29. The number of hydrogen-bond donors (Lipinski definition) is 2. The zero-order chi connectivity index (χ0) is 14.5. The standard InChI is InChI=1S/C15H17N5O.2ClH/c21-15(12-3-5-16-6-4-12)19-14-2-1-13(11-18-14)20-9-7-17-8-10-20;;/h1-6,11,17H,7-10H2,(H,18,19,21);2*1H. The molecule has 0 bridgehead atoms. The smallest absolute Gasteiger partial charge is 0.256 e. The molecule has 1 saturated heterocycles. The molecule has 2 aromatic rings. The third kappa shape index (κ3) is 5.06. The summed E-state index contributed by atoms with van der Waals surface area (Å²) in [5.41, 5.74) is 1.65. The molecule has 1 amide bonds. The van der Waals surface area contributed by atoms with Crippen LogP contribution in [-0.4, -0.2) is 42.1 Å². The van der Waals surface area contributed by atoms with Crippen molar-refractivity contribution in [3.05, 3.63) is 48.4 Å². The van der Waals surface area contributed by atoms with Crippen LogP contribution in [0.1, 0.15) is 10.4 Å². The van der Waals surface area contributed by atoms with E-state index in [0.717, 1.165) is 31.9 Å². The van der Waals surface area contributed by atoms with Crippen LogP contribution in [0.25, 0.3) is 0 Å². The molecule has 1 fully saturated rings. The van der Waals surface area contributed by atoms with E-state index >= 15 is 0 Å². The first-order valence-electron chi connectivity index (χ1n) is 6.96. The molecule has 6 nitrogen and oxygen atoms in total. The van der Waals surface area contributed by atoms with Gasteiger partial charge >= 0.3 is 0 Å². The molecule has 0 atom stereocenters. The van der Waals surface area contributed by atoms with Crippen LogP contribution in [0.15, 0.2) is 42.9 Å². The molecular weight excluding hydrogens is 337 g/mol. The minimum absolute atomic E-state index is 0. The number of halogens is 2. The van der Waals surface area contributed by atoms with Crippen LogP contribution in [0.5, 0.6) is 0 Å². The molecule has 3 heterocycles. The third-order valence-electron chi connectivity index (χ3n) is 3.41. The van der Waals surface area contributed by atoms with Gasteiger partial charge in [0.15, 0.2) is 0 Å². The van der Waals surface area contributed by atoms with Crippen LogP contribution in [0.2, 0.25) is 0 Å². The van der Waals surface area contributed by atoms with Crippen molar-refractivity contribution >= 4 is 42.2 Å². The zero-order valence-corrected chi connectivity index (χ0v) is 14.1. The number of nitrogens with zero attached hydrogens (tertiary/aromatic N) is 3. The lowest BCUT2D eigenvalue weighted by atomic mass is 10.2. The lowest BCUT2D eigenvalue weighted by molar-refractivity contribution is 0.102. The van der Waals surface area contributed by atoms with Gasteiger partial charge in [0.05, 0.1) is 11.9 Å². The number of carbonyl (C=O) groups excluding carboxylic acids is 1. The summed E-state index contributed by atoms with van der Waals surface area (Å²) in [5.74, 6) is 0.371. The van der Waals surface area contributed by atoms with Gasteiger partial charge in [-0.3, -0.25) is 9.78 Å². The number of aromatic nitrogens is 2. The van der Waals surface area contributed by atoms with Crippen molar-refractivity contribution < 1.29 is 4.79 Å². The van der Waals surface area contributed by atoms with Crippen LogP contribution in [0, 0.1) is 0 Å². The van der Waals surface area contributed by atoms with Gasteiger partial charge in [-0.25, -0.2) is 4.98 Å². The Labute approximate surface area is 147 Å². The topological polar surface area (TPSA) is 70.2 Å². The lowest BCUT2D eigenvalue weighted by Crippen LogP contribution is -2.43. The summed E-state index contributed by atoms with van der Waals surface area (Å²) in [7, 11) is 0. The molecule has 0 spiro atoms. The average Bonchev–Trinajstić information content (AvgIpc) is 2.57. The molecular formula is C15H19Cl2N5O. The van der Waals surface area contributed by atoms with E-state index in [9.17, 15) is 4.79 Å². The molecule has 0 unspecified atom stereocenters. The van der Waals surface area contributed by atoms with Gasteiger partial charge in [-0.2, -0.15) is 0 Å². The molecule has 0 saturated carbocycles. The molecule has 8 heteroatoms. The van der Waals surface area contributed by atoms with E-state index in [-0.39, 0.29) is 30.7 Å². The fourth-order valence-electron chi connectivity index (χ4n) is 2.26. The monoisotopic (exact) mass is 355 g/mol. The van der Waals surface area contributed by atoms with Crippen LogP contribution < -0.4 is 15.5 Å². The molecule has 2 N–H and O–H groups in total. The highest BCUT2D eigenvalue weighted by Gasteiger charge is 2.11. The number of anilines is 2. The van der Waals surface area contributed by atoms with Gasteiger partial charge in [0.2, 0.25) is 0 Å². The Balaban J connectivity index is 0.00000132. The predicted octanol–water partition coefficient (Wildman–Crippen LogP) is 1.98. The van der Waals surface area contributed by atoms with E-state index in [1.54, 1.807) is 30.7 Å². The summed E-state index contributed by atoms with van der Waals surface area (Å²) in [5, 5.41) is 6.10. The van der Waals surface area contributed by atoms with Gasteiger partial charge in [0.1, 0.15) is 5.82 Å². The summed E-state index contributed by atoms with van der Waals surface area (Å²) >= 11 is 0. The van der Waals surface area contributed by atoms with Gasteiger partial charge in [0, 0.05) is 44.1 Å². The Morgan fingerprint density at radius 3 is 2.39 bits per heavy atom. The van der Waals surface area contributed by atoms with Crippen molar-refractivity contribution in [3.63, 3.8) is 0 Å². The molecule has 1 aliphatic heterocycles. The van der Waals surface area contributed by atoms with Gasteiger partial charge in [-0.05, 0) is 24.3 Å². The third-order valence-corrected chi connectivity index (χ3v) is 3.41. The number of rotatable bonds is 3. The van der Waals surface area contributed by atoms with Crippen molar-refractivity contribution in [3.8, 4) is 0 Å². The summed E-state index contributed by atoms with van der Waals surface area (Å²) in [6, 6.07) is 7.16. The molecule has 0 radical (unpaired) electrons. The first kappa shape index (κ1) is 19.2. The second-order valence-corrected chi connectivity index (χ2v) is 4.83. The fraction of sp³-hybridized carbons (Fsp3) is 0.267. The van der Waals surface area contributed by atoms with E-state index in [1.165, 1.54) is 0 Å². The number of pyridine rings is 2. The maximum Gasteiger partial charge on any atom is 0.256 e. The van der Waals surface area contributed by atoms with Gasteiger partial charge in [0.25, 0.3) is 5.91 Å². The summed E-state index contributed by atoms with van der Waals surface area (Å²) in [4.78, 5) is 22.5. The highest BCUT2D eigenvalue weighted by molar-refractivity contribution is 6.03. The Morgan fingerprint density at radius 1 is 1.09 bits per heavy atom. The van der Waals surface area contributed by atoms with E-state index in [1.807, 2.05) is 12.1 Å². The molecule has 1 aliphatic rings. The van der Waals surface area contributed by atoms with Crippen molar-refractivity contribution in [2.45, 2.75) is 0 Å². The maximum atomic E-state index is 12.0. The number of carbonyl (C=O) groups is 1. The van der Waals surface area contributed by atoms with Crippen LogP contribution in [0.4, 0.5) is 11.5 Å². The van der Waals surface area contributed by atoms with Crippen molar-refractivity contribution in [1.29, 1.82) is 0 Å². The maximum absolute atomic E-state index is 12.0. The lowest BCUT2D eigenvalue weighted by Gasteiger charge is -2.29. The summed E-state index contributed by atoms with van der Waals surface area (Å²) in [6.07, 6.45) is 4.99. The Morgan fingerprint density at radius 2 is 1.78 bits per heavy atom. The second-order valence-electron chi connectivity index (χ2n) is 4.83. The highest BCUT2D eigenvalue weighted by Crippen LogP contribution is 2.16. The number of amides is 1. The predicted molar refractivity (Wildman–Crippen MR) is 96.0 cm³/mol. The molecule has 2 aromatic heterocycles. The van der Waals surface area contributed by atoms with Crippen molar-refractivity contribution in [2.24, 2.45) is 0 Å². The molecule has 124 valence electrons. The fourth-order valence-corrected chi connectivity index (χ4v) is 2.26. The van der Waals surface area contributed by atoms with Gasteiger partial charge in [-0.1, -0.05) is 0 Å². The van der Waals surface area contributed by atoms with Gasteiger partial charge < -0.3 is 15.5 Å². The zero-order valence-electron chi connectivity index (χ0n) is 12.4. The SMILES string of the molecule is Cl.Cl.O=C(Nc1ccc(N2CCNCC2)cn1)c1ccncc1. The van der Waals surface area contributed by atoms with Crippen molar-refractivity contribution in [2.75, 3.05) is 36.4 Å². The largest absolute Gasteiger partial charge is 0.368 e. The summed E-state index contributed by atoms with van der Waals surface area (Å²) in [6.45, 7) is 3.93. The van der Waals surface area contributed by atoms with Crippen LogP contribution >= 0.6 is 24.8 Å². The quantitative estimate of drug-likeness (QED) is 0.880. The van der Waals surface area contributed by atoms with E-state index < -0.39 is 0 Å². The average molecular weight is 356 g/mol. The molecule has 0 aromatic carbocycles. The Hall–Kier alpha value is -1.89. The van der Waals surface area contributed by atoms with E-state index in [2.05, 4.69) is 25.5 Å². The summed E-state index contributed by atoms with van der Waals surface area (Å²) < 4.78 is 0. The number of nitrogens with one attached hydrogen (secondary N) is 2. The van der Waals surface area contributed by atoms with Crippen molar-refractivity contribution in [1.82, 2.24) is 15.3 Å². The molecule has 3 rings (SSSR count). The number of piperazine rings is 1. The molecule has 23 heavy (non-hydrogen) atoms. The minimum atomic E-state index is -0.181. The normalized spacial score (nSPS) is 13.5.